The van der Waals surface area contributed by atoms with E-state index in [1.807, 2.05) is 12.1 Å². The summed E-state index contributed by atoms with van der Waals surface area (Å²) in [5.41, 5.74) is 1.76. The average Bonchev–Trinajstić information content (AvgIpc) is 2.98. The van der Waals surface area contributed by atoms with Gasteiger partial charge in [-0.05, 0) is 36.4 Å². The summed E-state index contributed by atoms with van der Waals surface area (Å²) in [5.74, 6) is 0.325. The van der Waals surface area contributed by atoms with Crippen LogP contribution in [0.2, 0.25) is 5.02 Å². The number of fused-ring (bicyclic) bond motifs is 1. The Labute approximate surface area is 247 Å². The van der Waals surface area contributed by atoms with Crippen LogP contribution in [0.15, 0.2) is 55.5 Å². The van der Waals surface area contributed by atoms with Crippen LogP contribution in [0.1, 0.15) is 24.8 Å². The van der Waals surface area contributed by atoms with Crippen LogP contribution in [0.4, 0.5) is 15.9 Å². The van der Waals surface area contributed by atoms with Crippen LogP contribution in [0, 0.1) is 22.6 Å². The number of rotatable bonds is 10. The third-order valence-corrected chi connectivity index (χ3v) is 7.61. The van der Waals surface area contributed by atoms with Gasteiger partial charge in [-0.25, -0.2) is 14.4 Å². The number of carbonyl (C=O) groups excluding carboxylic acids is 1. The molecule has 0 aliphatic carbocycles. The number of halogens is 2. The van der Waals surface area contributed by atoms with Crippen molar-refractivity contribution in [1.82, 2.24) is 20.2 Å². The van der Waals surface area contributed by atoms with Crippen molar-refractivity contribution >= 4 is 51.7 Å². The van der Waals surface area contributed by atoms with E-state index in [0.717, 1.165) is 0 Å². The molecule has 0 spiro atoms. The number of allylic oxidation sites excluding steroid dienone is 1. The first-order chi connectivity index (χ1) is 20.3. The molecule has 0 atom stereocenters. The van der Waals surface area contributed by atoms with Crippen molar-refractivity contribution in [2.24, 2.45) is 0 Å². The highest BCUT2D eigenvalue weighted by molar-refractivity contribution is 6.31. The van der Waals surface area contributed by atoms with Gasteiger partial charge in [0, 0.05) is 60.6 Å². The minimum absolute atomic E-state index is 0.0229. The van der Waals surface area contributed by atoms with E-state index in [2.05, 4.69) is 33.2 Å². The van der Waals surface area contributed by atoms with E-state index < -0.39 is 11.4 Å². The van der Waals surface area contributed by atoms with E-state index in [0.29, 0.717) is 78.4 Å². The molecule has 42 heavy (non-hydrogen) atoms. The maximum Gasteiger partial charge on any atom is 0.245 e. The van der Waals surface area contributed by atoms with Crippen LogP contribution >= 0.6 is 11.6 Å². The predicted molar refractivity (Wildman–Crippen MR) is 158 cm³/mol. The molecule has 5 rings (SSSR count). The predicted octanol–water partition coefficient (Wildman–Crippen LogP) is 4.98. The summed E-state index contributed by atoms with van der Waals surface area (Å²) in [5, 5.41) is 24.6. The number of hydrogen-bond donors (Lipinski definition) is 3. The molecule has 2 aliphatic heterocycles. The summed E-state index contributed by atoms with van der Waals surface area (Å²) < 4.78 is 25.6. The Morgan fingerprint density at radius 1 is 1.31 bits per heavy atom. The van der Waals surface area contributed by atoms with Crippen molar-refractivity contribution in [3.63, 3.8) is 0 Å². The van der Waals surface area contributed by atoms with Gasteiger partial charge in [0.2, 0.25) is 5.91 Å². The first-order valence-corrected chi connectivity index (χ1v) is 13.7. The number of nitrogens with zero attached hydrogens (tertiary/aromatic N) is 4. The van der Waals surface area contributed by atoms with Crippen molar-refractivity contribution < 1.29 is 18.7 Å². The van der Waals surface area contributed by atoms with Gasteiger partial charge in [-0.2, -0.15) is 5.26 Å². The Morgan fingerprint density at radius 2 is 2.10 bits per heavy atom. The summed E-state index contributed by atoms with van der Waals surface area (Å²) in [6, 6.07) is 10.1. The maximum atomic E-state index is 13.7. The molecule has 10 nitrogen and oxygen atoms in total. The van der Waals surface area contributed by atoms with E-state index in [-0.39, 0.29) is 23.5 Å². The molecule has 0 bridgehead atoms. The van der Waals surface area contributed by atoms with E-state index in [1.54, 1.807) is 17.2 Å². The van der Waals surface area contributed by atoms with Crippen LogP contribution in [0.5, 0.6) is 5.75 Å². The lowest BCUT2D eigenvalue weighted by Crippen LogP contribution is -2.58. The van der Waals surface area contributed by atoms with Gasteiger partial charge in [-0.15, -0.1) is 0 Å². The van der Waals surface area contributed by atoms with Gasteiger partial charge in [-0.3, -0.25) is 4.79 Å². The molecule has 2 saturated heterocycles. The SMILES string of the molecule is C=CC(=O)N1CCC(Oc2cc3c(Nc4ccc(F)c(Cl)c4)ncnc3cc2/C(C=N)=C/NC2(CC#N)COC2)CC1. The third kappa shape index (κ3) is 6.20. The maximum absolute atomic E-state index is 13.7. The number of carbonyl (C=O) groups is 1. The normalized spacial score (nSPS) is 16.7. The molecule has 3 aromatic rings. The van der Waals surface area contributed by atoms with Crippen molar-refractivity contribution in [2.75, 3.05) is 31.6 Å². The van der Waals surface area contributed by atoms with Gasteiger partial charge in [0.15, 0.2) is 0 Å². The van der Waals surface area contributed by atoms with Gasteiger partial charge in [0.05, 0.1) is 41.8 Å². The van der Waals surface area contributed by atoms with Crippen LogP contribution in [-0.4, -0.2) is 64.9 Å². The van der Waals surface area contributed by atoms with Crippen LogP contribution in [0.25, 0.3) is 16.5 Å². The topological polar surface area (TPSA) is 136 Å². The number of anilines is 2. The highest BCUT2D eigenvalue weighted by Gasteiger charge is 2.37. The summed E-state index contributed by atoms with van der Waals surface area (Å²) >= 11 is 5.98. The molecule has 3 heterocycles. The molecule has 12 heteroatoms. The highest BCUT2D eigenvalue weighted by Crippen LogP contribution is 2.35. The number of likely N-dealkylation sites (tertiary alicyclic amines) is 1. The van der Waals surface area contributed by atoms with Gasteiger partial charge in [0.1, 0.15) is 29.8 Å². The number of hydrogen-bond acceptors (Lipinski definition) is 9. The van der Waals surface area contributed by atoms with Gasteiger partial charge >= 0.3 is 0 Å². The van der Waals surface area contributed by atoms with E-state index in [1.165, 1.54) is 30.8 Å². The Balaban J connectivity index is 1.52. The number of amides is 1. The van der Waals surface area contributed by atoms with Gasteiger partial charge < -0.3 is 30.4 Å². The summed E-state index contributed by atoms with van der Waals surface area (Å²) in [7, 11) is 0. The number of piperidine rings is 1. The Morgan fingerprint density at radius 3 is 2.74 bits per heavy atom. The second-order valence-electron chi connectivity index (χ2n) is 10.2. The molecular formula is C30H29ClFN7O3. The van der Waals surface area contributed by atoms with Gasteiger partial charge in [-0.1, -0.05) is 18.2 Å². The molecule has 1 amide bonds. The molecule has 0 saturated carbocycles. The lowest BCUT2D eigenvalue weighted by atomic mass is 9.93. The van der Waals surface area contributed by atoms with Crippen LogP contribution < -0.4 is 15.4 Å². The van der Waals surface area contributed by atoms with E-state index in [9.17, 15) is 14.4 Å². The minimum atomic E-state index is -0.527. The van der Waals surface area contributed by atoms with Crippen molar-refractivity contribution in [3.05, 3.63) is 71.9 Å². The number of ether oxygens (including phenoxy) is 2. The Bertz CT molecular complexity index is 1590. The molecule has 0 unspecified atom stereocenters. The van der Waals surface area contributed by atoms with E-state index >= 15 is 0 Å². The average molecular weight is 590 g/mol. The van der Waals surface area contributed by atoms with Crippen molar-refractivity contribution in [2.45, 2.75) is 30.9 Å². The molecule has 3 N–H and O–H groups in total. The zero-order valence-electron chi connectivity index (χ0n) is 22.7. The van der Waals surface area contributed by atoms with Crippen LogP contribution in [0.3, 0.4) is 0 Å². The molecule has 0 radical (unpaired) electrons. The molecule has 2 aliphatic rings. The Kier molecular flexibility index (Phi) is 8.66. The lowest BCUT2D eigenvalue weighted by Gasteiger charge is -2.40. The zero-order valence-corrected chi connectivity index (χ0v) is 23.5. The fraction of sp³-hybridized carbons (Fsp3) is 0.300. The summed E-state index contributed by atoms with van der Waals surface area (Å²) in [6.45, 7) is 5.42. The standard InChI is InChI=1S/C30H29ClFN7O3/c1-2-28(40)39-9-5-21(6-10-39)42-27-13-23-26(35-18-36-29(23)38-20-3-4-25(32)24(31)11-20)12-22(27)19(14-34)15-37-30(7-8-33)16-41-17-30/h2-4,11-15,18,21,34,37H,1,5-7,9-10,16-17H2,(H,35,36,38)/b19-15+,34-14?. The molecule has 1 aromatic heterocycles. The smallest absolute Gasteiger partial charge is 0.245 e. The fourth-order valence-electron chi connectivity index (χ4n) is 4.88. The second kappa shape index (κ2) is 12.5. The number of aromatic nitrogens is 2. The molecular weight excluding hydrogens is 561 g/mol. The van der Waals surface area contributed by atoms with Gasteiger partial charge in [0.25, 0.3) is 0 Å². The highest BCUT2D eigenvalue weighted by atomic mass is 35.5. The number of nitrogens with one attached hydrogen (secondary N) is 3. The first kappa shape index (κ1) is 29.0. The second-order valence-corrected chi connectivity index (χ2v) is 10.6. The molecule has 2 aromatic carbocycles. The summed E-state index contributed by atoms with van der Waals surface area (Å²) in [6.07, 6.45) is 6.95. The zero-order chi connectivity index (χ0) is 29.7. The number of benzene rings is 2. The quantitative estimate of drug-likeness (QED) is 0.222. The van der Waals surface area contributed by atoms with E-state index in [4.69, 9.17) is 26.5 Å². The minimum Gasteiger partial charge on any atom is -0.490 e. The van der Waals surface area contributed by atoms with Crippen molar-refractivity contribution in [3.8, 4) is 11.8 Å². The number of nitriles is 1. The largest absolute Gasteiger partial charge is 0.490 e. The Hall–Kier alpha value is -4.53. The van der Waals surface area contributed by atoms with Crippen molar-refractivity contribution in [1.29, 1.82) is 10.7 Å². The summed E-state index contributed by atoms with van der Waals surface area (Å²) in [4.78, 5) is 22.7. The van der Waals surface area contributed by atoms with Crippen LogP contribution in [-0.2, 0) is 9.53 Å². The lowest BCUT2D eigenvalue weighted by molar-refractivity contribution is -0.127. The monoisotopic (exact) mass is 589 g/mol. The first-order valence-electron chi connectivity index (χ1n) is 13.4. The third-order valence-electron chi connectivity index (χ3n) is 7.32. The molecule has 216 valence electrons. The molecule has 2 fully saturated rings. The fourth-order valence-corrected chi connectivity index (χ4v) is 5.06.